The molecule has 0 unspecified atom stereocenters. The SMILES string of the molecule is OC1CCC(CNc2cc(F)ccc2F)CC1. The highest BCUT2D eigenvalue weighted by molar-refractivity contribution is 5.44. The van der Waals surface area contributed by atoms with E-state index in [4.69, 9.17) is 0 Å². The van der Waals surface area contributed by atoms with Crippen LogP contribution in [0.15, 0.2) is 18.2 Å². The fourth-order valence-corrected chi connectivity index (χ4v) is 2.24. The molecule has 1 aromatic rings. The molecule has 0 aromatic heterocycles. The van der Waals surface area contributed by atoms with E-state index < -0.39 is 11.6 Å². The Morgan fingerprint density at radius 1 is 1.18 bits per heavy atom. The van der Waals surface area contributed by atoms with Gasteiger partial charge >= 0.3 is 0 Å². The third-order valence-electron chi connectivity index (χ3n) is 3.33. The van der Waals surface area contributed by atoms with E-state index in [1.807, 2.05) is 0 Å². The van der Waals surface area contributed by atoms with Crippen LogP contribution in [-0.2, 0) is 0 Å². The minimum Gasteiger partial charge on any atom is -0.393 e. The maximum absolute atomic E-state index is 13.3. The van der Waals surface area contributed by atoms with Crippen LogP contribution >= 0.6 is 0 Å². The van der Waals surface area contributed by atoms with Crippen LogP contribution in [0, 0.1) is 17.6 Å². The van der Waals surface area contributed by atoms with Crippen LogP contribution in [0.3, 0.4) is 0 Å². The first-order valence-electron chi connectivity index (χ1n) is 6.02. The molecule has 0 heterocycles. The molecule has 0 bridgehead atoms. The molecule has 0 radical (unpaired) electrons. The van der Waals surface area contributed by atoms with Gasteiger partial charge in [0.2, 0.25) is 0 Å². The summed E-state index contributed by atoms with van der Waals surface area (Å²) in [6.07, 6.45) is 3.30. The van der Waals surface area contributed by atoms with Crippen LogP contribution < -0.4 is 5.32 Å². The largest absolute Gasteiger partial charge is 0.393 e. The van der Waals surface area contributed by atoms with E-state index in [0.717, 1.165) is 37.8 Å². The Kier molecular flexibility index (Phi) is 3.94. The molecule has 1 fully saturated rings. The van der Waals surface area contributed by atoms with Gasteiger partial charge in [-0.05, 0) is 49.8 Å². The number of halogens is 2. The molecule has 0 amide bonds. The summed E-state index contributed by atoms with van der Waals surface area (Å²) in [4.78, 5) is 0. The van der Waals surface area contributed by atoms with Crippen molar-refractivity contribution in [2.75, 3.05) is 11.9 Å². The minimum atomic E-state index is -0.437. The molecule has 4 heteroatoms. The van der Waals surface area contributed by atoms with Crippen molar-refractivity contribution in [3.8, 4) is 0 Å². The third-order valence-corrected chi connectivity index (χ3v) is 3.33. The zero-order chi connectivity index (χ0) is 12.3. The number of nitrogens with one attached hydrogen (secondary N) is 1. The average molecular weight is 241 g/mol. The Labute approximate surface area is 99.7 Å². The van der Waals surface area contributed by atoms with Gasteiger partial charge in [-0.2, -0.15) is 0 Å². The summed E-state index contributed by atoms with van der Waals surface area (Å²) in [5.41, 5.74) is 0.219. The summed E-state index contributed by atoms with van der Waals surface area (Å²) in [7, 11) is 0. The second-order valence-corrected chi connectivity index (χ2v) is 4.68. The van der Waals surface area contributed by atoms with Gasteiger partial charge in [-0.1, -0.05) is 0 Å². The Hall–Kier alpha value is -1.16. The second-order valence-electron chi connectivity index (χ2n) is 4.68. The molecule has 2 nitrogen and oxygen atoms in total. The van der Waals surface area contributed by atoms with Gasteiger partial charge in [0.1, 0.15) is 11.6 Å². The monoisotopic (exact) mass is 241 g/mol. The first-order valence-corrected chi connectivity index (χ1v) is 6.02. The van der Waals surface area contributed by atoms with Crippen molar-refractivity contribution in [3.63, 3.8) is 0 Å². The van der Waals surface area contributed by atoms with Crippen molar-refractivity contribution < 1.29 is 13.9 Å². The van der Waals surface area contributed by atoms with Crippen LogP contribution in [0.1, 0.15) is 25.7 Å². The molecule has 1 aromatic carbocycles. The fraction of sp³-hybridized carbons (Fsp3) is 0.538. The molecule has 94 valence electrons. The van der Waals surface area contributed by atoms with Crippen molar-refractivity contribution in [2.45, 2.75) is 31.8 Å². The van der Waals surface area contributed by atoms with Crippen LogP contribution in [-0.4, -0.2) is 17.8 Å². The Morgan fingerprint density at radius 3 is 2.59 bits per heavy atom. The molecule has 0 spiro atoms. The van der Waals surface area contributed by atoms with Crippen LogP contribution in [0.4, 0.5) is 14.5 Å². The molecule has 1 saturated carbocycles. The van der Waals surface area contributed by atoms with Crippen molar-refractivity contribution in [3.05, 3.63) is 29.8 Å². The Balaban J connectivity index is 1.87. The highest BCUT2D eigenvalue weighted by atomic mass is 19.1. The molecule has 2 N–H and O–H groups in total. The van der Waals surface area contributed by atoms with Gasteiger partial charge in [0.05, 0.1) is 11.8 Å². The van der Waals surface area contributed by atoms with Crippen LogP contribution in [0.2, 0.25) is 0 Å². The van der Waals surface area contributed by atoms with Gasteiger partial charge < -0.3 is 10.4 Å². The second kappa shape index (κ2) is 5.45. The zero-order valence-corrected chi connectivity index (χ0v) is 9.63. The van der Waals surface area contributed by atoms with E-state index in [2.05, 4.69) is 5.32 Å². The van der Waals surface area contributed by atoms with Crippen molar-refractivity contribution in [2.24, 2.45) is 5.92 Å². The number of aliphatic hydroxyl groups excluding tert-OH is 1. The summed E-state index contributed by atoms with van der Waals surface area (Å²) < 4.78 is 26.2. The standard InChI is InChI=1S/C13H17F2NO/c14-10-3-6-12(15)13(7-10)16-8-9-1-4-11(17)5-2-9/h3,6-7,9,11,16-17H,1-2,4-5,8H2. The fourth-order valence-electron chi connectivity index (χ4n) is 2.24. The number of aliphatic hydroxyl groups is 1. The lowest BCUT2D eigenvalue weighted by molar-refractivity contribution is 0.111. The quantitative estimate of drug-likeness (QED) is 0.852. The highest BCUT2D eigenvalue weighted by Gasteiger charge is 2.19. The predicted molar refractivity (Wildman–Crippen MR) is 62.8 cm³/mol. The molecule has 17 heavy (non-hydrogen) atoms. The number of anilines is 1. The molecule has 0 aliphatic heterocycles. The number of hydrogen-bond donors (Lipinski definition) is 2. The Bertz CT molecular complexity index is 376. The lowest BCUT2D eigenvalue weighted by Crippen LogP contribution is -2.23. The number of benzene rings is 1. The van der Waals surface area contributed by atoms with Gasteiger partial charge in [0.15, 0.2) is 0 Å². The highest BCUT2D eigenvalue weighted by Crippen LogP contribution is 2.25. The topological polar surface area (TPSA) is 32.3 Å². The van der Waals surface area contributed by atoms with E-state index >= 15 is 0 Å². The molecule has 1 aliphatic carbocycles. The molecular weight excluding hydrogens is 224 g/mol. The van der Waals surface area contributed by atoms with Gasteiger partial charge in [0.25, 0.3) is 0 Å². The van der Waals surface area contributed by atoms with Gasteiger partial charge in [-0.25, -0.2) is 8.78 Å². The summed E-state index contributed by atoms with van der Waals surface area (Å²) in [6, 6.07) is 3.41. The number of rotatable bonds is 3. The molecule has 0 saturated heterocycles. The Morgan fingerprint density at radius 2 is 1.88 bits per heavy atom. The zero-order valence-electron chi connectivity index (χ0n) is 9.63. The minimum absolute atomic E-state index is 0.183. The molecule has 2 rings (SSSR count). The maximum Gasteiger partial charge on any atom is 0.146 e. The lowest BCUT2D eigenvalue weighted by Gasteiger charge is -2.25. The van der Waals surface area contributed by atoms with E-state index in [0.29, 0.717) is 12.5 Å². The summed E-state index contributed by atoms with van der Waals surface area (Å²) in [5.74, 6) is -0.434. The molecular formula is C13H17F2NO. The summed E-state index contributed by atoms with van der Waals surface area (Å²) in [5, 5.41) is 12.3. The summed E-state index contributed by atoms with van der Waals surface area (Å²) in [6.45, 7) is 0.632. The smallest absolute Gasteiger partial charge is 0.146 e. The third kappa shape index (κ3) is 3.40. The first kappa shape index (κ1) is 12.3. The first-order chi connectivity index (χ1) is 8.15. The molecule has 1 aliphatic rings. The van der Waals surface area contributed by atoms with Crippen molar-refractivity contribution in [1.82, 2.24) is 0 Å². The van der Waals surface area contributed by atoms with E-state index in [9.17, 15) is 13.9 Å². The van der Waals surface area contributed by atoms with E-state index in [1.165, 1.54) is 6.07 Å². The van der Waals surface area contributed by atoms with Crippen LogP contribution in [0.5, 0.6) is 0 Å². The van der Waals surface area contributed by atoms with Gasteiger partial charge in [0, 0.05) is 6.54 Å². The van der Waals surface area contributed by atoms with E-state index in [1.54, 1.807) is 0 Å². The van der Waals surface area contributed by atoms with E-state index in [-0.39, 0.29) is 11.8 Å². The number of hydrogen-bond acceptors (Lipinski definition) is 2. The maximum atomic E-state index is 13.3. The lowest BCUT2D eigenvalue weighted by atomic mass is 9.87. The van der Waals surface area contributed by atoms with Gasteiger partial charge in [-0.3, -0.25) is 0 Å². The van der Waals surface area contributed by atoms with Crippen LogP contribution in [0.25, 0.3) is 0 Å². The molecule has 0 atom stereocenters. The normalized spacial score (nSPS) is 24.6. The predicted octanol–water partition coefficient (Wildman–Crippen LogP) is 2.93. The van der Waals surface area contributed by atoms with Crippen molar-refractivity contribution in [1.29, 1.82) is 0 Å². The van der Waals surface area contributed by atoms with Crippen molar-refractivity contribution >= 4 is 5.69 Å². The average Bonchev–Trinajstić information content (AvgIpc) is 2.32. The summed E-state index contributed by atoms with van der Waals surface area (Å²) >= 11 is 0. The van der Waals surface area contributed by atoms with Gasteiger partial charge in [-0.15, -0.1) is 0 Å².